The van der Waals surface area contributed by atoms with E-state index in [1.165, 1.54) is 11.1 Å². The quantitative estimate of drug-likeness (QED) is 0.626. The van der Waals surface area contributed by atoms with Crippen molar-refractivity contribution >= 4 is 24.8 Å². The second-order valence-corrected chi connectivity index (χ2v) is 7.07. The predicted octanol–water partition coefficient (Wildman–Crippen LogP) is 3.56. The zero-order valence-corrected chi connectivity index (χ0v) is 18.6. The van der Waals surface area contributed by atoms with Crippen LogP contribution in [0.3, 0.4) is 0 Å². The highest BCUT2D eigenvalue weighted by Gasteiger charge is 2.18. The number of aromatic nitrogens is 4. The minimum Gasteiger partial charge on any atom is -0.375 e. The fourth-order valence-corrected chi connectivity index (χ4v) is 3.60. The number of hydrogen-bond donors (Lipinski definition) is 1. The third-order valence-electron chi connectivity index (χ3n) is 5.17. The molecule has 0 bridgehead atoms. The summed E-state index contributed by atoms with van der Waals surface area (Å²) in [5.41, 5.74) is 3.61. The molecule has 30 heavy (non-hydrogen) atoms. The van der Waals surface area contributed by atoms with Gasteiger partial charge in [0.15, 0.2) is 0 Å². The van der Waals surface area contributed by atoms with Gasteiger partial charge in [-0.15, -0.1) is 24.8 Å². The smallest absolute Gasteiger partial charge is 0.250 e. The fourth-order valence-electron chi connectivity index (χ4n) is 3.60. The summed E-state index contributed by atoms with van der Waals surface area (Å²) in [5.74, 6) is 0.852. The van der Waals surface area contributed by atoms with Gasteiger partial charge in [-0.25, -0.2) is 14.6 Å². The largest absolute Gasteiger partial charge is 0.375 e. The summed E-state index contributed by atoms with van der Waals surface area (Å²) in [6.07, 6.45) is 11.0. The van der Waals surface area contributed by atoms with E-state index in [0.717, 1.165) is 38.3 Å². The Balaban J connectivity index is 0.00000160. The molecule has 3 heterocycles. The molecule has 160 valence electrons. The molecular weight excluding hydrogens is 419 g/mol. The van der Waals surface area contributed by atoms with E-state index in [9.17, 15) is 0 Å². The zero-order valence-electron chi connectivity index (χ0n) is 17.0. The molecular formula is C22H28Cl2N6. The number of rotatable bonds is 6. The number of hydrogen-bond acceptors (Lipinski definition) is 5. The van der Waals surface area contributed by atoms with Gasteiger partial charge < -0.3 is 10.2 Å². The van der Waals surface area contributed by atoms with E-state index >= 15 is 0 Å². The van der Waals surface area contributed by atoms with E-state index in [1.807, 2.05) is 16.9 Å². The van der Waals surface area contributed by atoms with E-state index in [-0.39, 0.29) is 30.7 Å². The summed E-state index contributed by atoms with van der Waals surface area (Å²) in [6, 6.07) is 12.4. The highest BCUT2D eigenvalue weighted by atomic mass is 35.5. The third-order valence-corrected chi connectivity index (χ3v) is 5.17. The predicted molar refractivity (Wildman–Crippen MR) is 125 cm³/mol. The highest BCUT2D eigenvalue weighted by molar-refractivity contribution is 5.85. The van der Waals surface area contributed by atoms with Crippen LogP contribution in [-0.2, 0) is 6.42 Å². The highest BCUT2D eigenvalue weighted by Crippen LogP contribution is 2.26. The molecule has 1 atom stereocenters. The molecule has 0 saturated carbocycles. The SMILES string of the molecule is Cc1c(C(/C=C/N2CCNCC2)Cc2ccccc2)cnn1-c1ncccn1.Cl.Cl. The molecule has 6 nitrogen and oxygen atoms in total. The molecule has 3 aromatic rings. The van der Waals surface area contributed by atoms with Crippen LogP contribution in [0.25, 0.3) is 5.95 Å². The van der Waals surface area contributed by atoms with Gasteiger partial charge in [0.25, 0.3) is 5.95 Å². The van der Waals surface area contributed by atoms with Crippen LogP contribution in [0.15, 0.2) is 67.3 Å². The lowest BCUT2D eigenvalue weighted by atomic mass is 9.92. The number of halogens is 2. The second-order valence-electron chi connectivity index (χ2n) is 7.07. The maximum atomic E-state index is 4.58. The maximum Gasteiger partial charge on any atom is 0.250 e. The van der Waals surface area contributed by atoms with Crippen molar-refractivity contribution in [3.05, 3.63) is 84.1 Å². The van der Waals surface area contributed by atoms with Crippen molar-refractivity contribution in [3.63, 3.8) is 0 Å². The molecule has 0 amide bonds. The van der Waals surface area contributed by atoms with Crippen molar-refractivity contribution in [1.82, 2.24) is 30.0 Å². The molecule has 1 aliphatic heterocycles. The van der Waals surface area contributed by atoms with Crippen LogP contribution < -0.4 is 5.32 Å². The lowest BCUT2D eigenvalue weighted by molar-refractivity contribution is 0.323. The van der Waals surface area contributed by atoms with E-state index in [2.05, 4.69) is 74.8 Å². The Morgan fingerprint density at radius 1 is 1.03 bits per heavy atom. The number of nitrogens with one attached hydrogen (secondary N) is 1. The average molecular weight is 447 g/mol. The average Bonchev–Trinajstić information content (AvgIpc) is 3.14. The van der Waals surface area contributed by atoms with Gasteiger partial charge in [-0.3, -0.25) is 0 Å². The van der Waals surface area contributed by atoms with Crippen LogP contribution in [0.4, 0.5) is 0 Å². The molecule has 0 aliphatic carbocycles. The Hall–Kier alpha value is -2.41. The standard InChI is InChI=1S/C22H26N6.2ClH/c1-18-21(17-26-28(18)22-24-9-5-10-25-22)20(16-19-6-3-2-4-7-19)8-13-27-14-11-23-12-15-27;;/h2-10,13,17,20,23H,11-12,14-16H2,1H3;2*1H/b13-8+;;. The molecule has 1 N–H and O–H groups in total. The molecule has 1 unspecified atom stereocenters. The molecule has 1 fully saturated rings. The van der Waals surface area contributed by atoms with E-state index in [1.54, 1.807) is 12.4 Å². The van der Waals surface area contributed by atoms with Crippen molar-refractivity contribution in [2.75, 3.05) is 26.2 Å². The lowest BCUT2D eigenvalue weighted by Gasteiger charge is -2.26. The summed E-state index contributed by atoms with van der Waals surface area (Å²) in [7, 11) is 0. The Kier molecular flexibility index (Phi) is 9.30. The van der Waals surface area contributed by atoms with E-state index < -0.39 is 0 Å². The van der Waals surface area contributed by atoms with Crippen LogP contribution in [0, 0.1) is 6.92 Å². The fraction of sp³-hybridized carbons (Fsp3) is 0.318. The first-order valence-corrected chi connectivity index (χ1v) is 9.80. The van der Waals surface area contributed by atoms with Crippen molar-refractivity contribution < 1.29 is 0 Å². The number of piperazine rings is 1. The van der Waals surface area contributed by atoms with Crippen LogP contribution >= 0.6 is 24.8 Å². The monoisotopic (exact) mass is 446 g/mol. The van der Waals surface area contributed by atoms with Crippen LogP contribution in [-0.4, -0.2) is 50.8 Å². The number of nitrogens with zero attached hydrogens (tertiary/aromatic N) is 5. The van der Waals surface area contributed by atoms with Gasteiger partial charge in [-0.1, -0.05) is 36.4 Å². The summed E-state index contributed by atoms with van der Waals surface area (Å²) in [4.78, 5) is 11.1. The topological polar surface area (TPSA) is 58.9 Å². The Labute approximate surface area is 190 Å². The first kappa shape index (κ1) is 23.9. The van der Waals surface area contributed by atoms with Gasteiger partial charge in [-0.2, -0.15) is 5.10 Å². The van der Waals surface area contributed by atoms with Crippen molar-refractivity contribution in [2.24, 2.45) is 0 Å². The molecule has 1 aromatic carbocycles. The second kappa shape index (κ2) is 11.7. The summed E-state index contributed by atoms with van der Waals surface area (Å²) in [5, 5.41) is 7.98. The minimum absolute atomic E-state index is 0. The first-order valence-electron chi connectivity index (χ1n) is 9.80. The van der Waals surface area contributed by atoms with E-state index in [4.69, 9.17) is 0 Å². The molecule has 2 aromatic heterocycles. The van der Waals surface area contributed by atoms with Gasteiger partial charge in [0.2, 0.25) is 0 Å². The van der Waals surface area contributed by atoms with Gasteiger partial charge in [0.1, 0.15) is 0 Å². The molecule has 8 heteroatoms. The lowest BCUT2D eigenvalue weighted by Crippen LogP contribution is -2.40. The molecule has 1 aliphatic rings. The van der Waals surface area contributed by atoms with Crippen LogP contribution in [0.2, 0.25) is 0 Å². The number of benzene rings is 1. The van der Waals surface area contributed by atoms with Crippen molar-refractivity contribution in [1.29, 1.82) is 0 Å². The Morgan fingerprint density at radius 2 is 1.73 bits per heavy atom. The maximum absolute atomic E-state index is 4.58. The molecule has 0 spiro atoms. The third kappa shape index (κ3) is 5.81. The van der Waals surface area contributed by atoms with E-state index in [0.29, 0.717) is 5.95 Å². The minimum atomic E-state index is 0. The van der Waals surface area contributed by atoms with Crippen LogP contribution in [0.5, 0.6) is 0 Å². The van der Waals surface area contributed by atoms with Gasteiger partial charge in [-0.05, 0) is 31.2 Å². The van der Waals surface area contributed by atoms with Gasteiger partial charge in [0.05, 0.1) is 6.20 Å². The Morgan fingerprint density at radius 3 is 2.43 bits per heavy atom. The summed E-state index contributed by atoms with van der Waals surface area (Å²) < 4.78 is 1.83. The molecule has 0 radical (unpaired) electrons. The Bertz CT molecular complexity index is 908. The van der Waals surface area contributed by atoms with Gasteiger partial charge in [0, 0.05) is 55.7 Å². The normalized spacial score (nSPS) is 14.8. The first-order chi connectivity index (χ1) is 13.8. The summed E-state index contributed by atoms with van der Waals surface area (Å²) >= 11 is 0. The summed E-state index contributed by atoms with van der Waals surface area (Å²) in [6.45, 7) is 6.26. The zero-order chi connectivity index (χ0) is 19.2. The molecule has 4 rings (SSSR count). The van der Waals surface area contributed by atoms with Crippen molar-refractivity contribution in [2.45, 2.75) is 19.3 Å². The number of allylic oxidation sites excluding steroid dienone is 1. The van der Waals surface area contributed by atoms with Crippen molar-refractivity contribution in [3.8, 4) is 5.95 Å². The van der Waals surface area contributed by atoms with Crippen LogP contribution in [0.1, 0.15) is 22.7 Å². The van der Waals surface area contributed by atoms with Gasteiger partial charge >= 0.3 is 0 Å². The molecule has 1 saturated heterocycles.